The second-order valence-corrected chi connectivity index (χ2v) is 12.3. The Morgan fingerprint density at radius 3 is 0.520 bits per heavy atom. The average Bonchev–Trinajstić information content (AvgIpc) is 3.21. The van der Waals surface area contributed by atoms with Crippen molar-refractivity contribution in [1.82, 2.24) is 0 Å². The Balaban J connectivity index is 0.986. The smallest absolute Gasteiger partial charge is 0.0462 e. The third kappa shape index (κ3) is 6.56. The zero-order valence-electron chi connectivity index (χ0n) is 27.7. The minimum atomic E-state index is 1.13. The lowest BCUT2D eigenvalue weighted by atomic mass is 9.98. The van der Waals surface area contributed by atoms with Gasteiger partial charge in [0.1, 0.15) is 0 Å². The zero-order chi connectivity index (χ0) is 33.5. The predicted molar refractivity (Wildman–Crippen MR) is 212 cm³/mol. The van der Waals surface area contributed by atoms with Crippen LogP contribution in [0.15, 0.2) is 218 Å². The van der Waals surface area contributed by atoms with Gasteiger partial charge >= 0.3 is 0 Å². The maximum atomic E-state index is 2.29. The summed E-state index contributed by atoms with van der Waals surface area (Å²) in [4.78, 5) is 4.57. The van der Waals surface area contributed by atoms with E-state index in [-0.39, 0.29) is 0 Å². The van der Waals surface area contributed by atoms with E-state index in [0.717, 1.165) is 34.1 Å². The number of hydrogen-bond donors (Lipinski definition) is 0. The van der Waals surface area contributed by atoms with E-state index in [1.54, 1.807) is 0 Å². The van der Waals surface area contributed by atoms with Crippen LogP contribution >= 0.6 is 0 Å². The molecular weight excluding hydrogens is 605 g/mol. The van der Waals surface area contributed by atoms with Crippen LogP contribution in [0.3, 0.4) is 0 Å². The number of benzene rings is 8. The number of para-hydroxylation sites is 4. The molecule has 0 unspecified atom stereocenters. The van der Waals surface area contributed by atoms with E-state index in [2.05, 4.69) is 228 Å². The van der Waals surface area contributed by atoms with Gasteiger partial charge in [-0.3, -0.25) is 0 Å². The third-order valence-electron chi connectivity index (χ3n) is 9.08. The maximum absolute atomic E-state index is 2.29. The molecule has 238 valence electrons. The van der Waals surface area contributed by atoms with Crippen LogP contribution in [-0.4, -0.2) is 0 Å². The lowest BCUT2D eigenvalue weighted by Crippen LogP contribution is -2.09. The summed E-state index contributed by atoms with van der Waals surface area (Å²) >= 11 is 0. The summed E-state index contributed by atoms with van der Waals surface area (Å²) in [6, 6.07) is 77.4. The van der Waals surface area contributed by atoms with Gasteiger partial charge in [-0.2, -0.15) is 0 Å². The number of anilines is 6. The Bertz CT molecular complexity index is 2000. The Morgan fingerprint density at radius 2 is 0.320 bits per heavy atom. The Labute approximate surface area is 294 Å². The van der Waals surface area contributed by atoms with Crippen molar-refractivity contribution in [2.75, 3.05) is 9.80 Å². The minimum absolute atomic E-state index is 1.13. The van der Waals surface area contributed by atoms with Crippen molar-refractivity contribution in [3.05, 3.63) is 218 Å². The lowest BCUT2D eigenvalue weighted by molar-refractivity contribution is 1.28. The highest BCUT2D eigenvalue weighted by Gasteiger charge is 2.13. The molecular formula is C48H36N2. The number of rotatable bonds is 9. The standard InChI is InChI=1S/C48H36N2/c1-5-13-43(14-6-1)49(44-15-7-2-8-16-44)47-33-29-41(30-34-47)39-25-21-37(22-26-39)38-23-27-40(28-24-38)42-31-35-48(36-32-42)50(45-17-9-3-10-18-45)46-19-11-4-12-20-46/h1-36H. The second kappa shape index (κ2) is 14.2. The molecule has 8 rings (SSSR count). The van der Waals surface area contributed by atoms with Gasteiger partial charge in [0, 0.05) is 34.1 Å². The Hall–Kier alpha value is -6.64. The van der Waals surface area contributed by atoms with Crippen molar-refractivity contribution in [2.24, 2.45) is 0 Å². The van der Waals surface area contributed by atoms with Crippen molar-refractivity contribution in [3.63, 3.8) is 0 Å². The lowest BCUT2D eigenvalue weighted by Gasteiger charge is -2.25. The Morgan fingerprint density at radius 1 is 0.160 bits per heavy atom. The molecule has 2 nitrogen and oxygen atoms in total. The molecule has 0 amide bonds. The van der Waals surface area contributed by atoms with Crippen molar-refractivity contribution >= 4 is 34.1 Å². The van der Waals surface area contributed by atoms with Crippen LogP contribution in [0.4, 0.5) is 34.1 Å². The summed E-state index contributed by atoms with van der Waals surface area (Å²) in [7, 11) is 0. The predicted octanol–water partition coefficient (Wildman–Crippen LogP) is 13.6. The SMILES string of the molecule is c1ccc(N(c2ccccc2)c2ccc(-c3ccc(-c4ccc(-c5ccc(N(c6ccccc6)c6ccccc6)cc5)cc4)cc3)cc2)cc1. The zero-order valence-corrected chi connectivity index (χ0v) is 27.7. The van der Waals surface area contributed by atoms with E-state index in [4.69, 9.17) is 0 Å². The van der Waals surface area contributed by atoms with Crippen molar-refractivity contribution in [2.45, 2.75) is 0 Å². The van der Waals surface area contributed by atoms with E-state index in [1.807, 2.05) is 0 Å². The van der Waals surface area contributed by atoms with Gasteiger partial charge in [-0.1, -0.05) is 146 Å². The largest absolute Gasteiger partial charge is 0.311 e. The molecule has 50 heavy (non-hydrogen) atoms. The molecule has 2 heteroatoms. The third-order valence-corrected chi connectivity index (χ3v) is 9.08. The summed E-state index contributed by atoms with van der Waals surface area (Å²) < 4.78 is 0. The monoisotopic (exact) mass is 640 g/mol. The minimum Gasteiger partial charge on any atom is -0.311 e. The fourth-order valence-corrected chi connectivity index (χ4v) is 6.52. The highest BCUT2D eigenvalue weighted by molar-refractivity contribution is 5.80. The fraction of sp³-hybridized carbons (Fsp3) is 0. The molecule has 0 saturated heterocycles. The van der Waals surface area contributed by atoms with E-state index >= 15 is 0 Å². The van der Waals surface area contributed by atoms with Crippen LogP contribution in [0, 0.1) is 0 Å². The molecule has 0 fully saturated rings. The van der Waals surface area contributed by atoms with Crippen LogP contribution in [-0.2, 0) is 0 Å². The topological polar surface area (TPSA) is 6.48 Å². The molecule has 0 atom stereocenters. The molecule has 0 heterocycles. The first kappa shape index (κ1) is 30.7. The molecule has 8 aromatic rings. The number of hydrogen-bond acceptors (Lipinski definition) is 2. The Kier molecular flexibility index (Phi) is 8.73. The molecule has 0 radical (unpaired) electrons. The van der Waals surface area contributed by atoms with Gasteiger partial charge in [-0.05, 0) is 106 Å². The molecule has 0 aromatic heterocycles. The van der Waals surface area contributed by atoms with Gasteiger partial charge in [0.25, 0.3) is 0 Å². The first-order valence-electron chi connectivity index (χ1n) is 17.0. The van der Waals surface area contributed by atoms with E-state index in [9.17, 15) is 0 Å². The highest BCUT2D eigenvalue weighted by atomic mass is 15.1. The quantitative estimate of drug-likeness (QED) is 0.155. The molecule has 0 aliphatic rings. The van der Waals surface area contributed by atoms with E-state index in [1.165, 1.54) is 33.4 Å². The van der Waals surface area contributed by atoms with E-state index in [0.29, 0.717) is 0 Å². The van der Waals surface area contributed by atoms with Crippen LogP contribution in [0.2, 0.25) is 0 Å². The molecule has 0 aliphatic carbocycles. The van der Waals surface area contributed by atoms with Gasteiger partial charge in [-0.15, -0.1) is 0 Å². The molecule has 0 spiro atoms. The summed E-state index contributed by atoms with van der Waals surface area (Å²) in [6.07, 6.45) is 0. The molecule has 0 bridgehead atoms. The van der Waals surface area contributed by atoms with E-state index < -0.39 is 0 Å². The van der Waals surface area contributed by atoms with Crippen LogP contribution < -0.4 is 9.80 Å². The van der Waals surface area contributed by atoms with Crippen molar-refractivity contribution in [3.8, 4) is 33.4 Å². The summed E-state index contributed by atoms with van der Waals surface area (Å²) in [6.45, 7) is 0. The molecule has 0 N–H and O–H groups in total. The van der Waals surface area contributed by atoms with Gasteiger partial charge in [0.2, 0.25) is 0 Å². The summed E-state index contributed by atoms with van der Waals surface area (Å²) in [5, 5.41) is 0. The first-order valence-corrected chi connectivity index (χ1v) is 17.0. The summed E-state index contributed by atoms with van der Waals surface area (Å²) in [5.74, 6) is 0. The molecule has 0 aliphatic heterocycles. The average molecular weight is 641 g/mol. The van der Waals surface area contributed by atoms with Crippen LogP contribution in [0.1, 0.15) is 0 Å². The fourth-order valence-electron chi connectivity index (χ4n) is 6.52. The van der Waals surface area contributed by atoms with Gasteiger partial charge in [-0.25, -0.2) is 0 Å². The molecule has 0 saturated carbocycles. The summed E-state index contributed by atoms with van der Waals surface area (Å²) in [5.41, 5.74) is 14.0. The van der Waals surface area contributed by atoms with Gasteiger partial charge in [0.15, 0.2) is 0 Å². The first-order chi connectivity index (χ1) is 24.8. The van der Waals surface area contributed by atoms with Gasteiger partial charge in [0.05, 0.1) is 0 Å². The van der Waals surface area contributed by atoms with Crippen molar-refractivity contribution in [1.29, 1.82) is 0 Å². The molecule has 8 aromatic carbocycles. The van der Waals surface area contributed by atoms with Crippen LogP contribution in [0.5, 0.6) is 0 Å². The normalized spacial score (nSPS) is 10.8. The second-order valence-electron chi connectivity index (χ2n) is 12.3. The van der Waals surface area contributed by atoms with Crippen LogP contribution in [0.25, 0.3) is 33.4 Å². The number of nitrogens with zero attached hydrogens (tertiary/aromatic N) is 2. The van der Waals surface area contributed by atoms with Crippen molar-refractivity contribution < 1.29 is 0 Å². The van der Waals surface area contributed by atoms with Gasteiger partial charge < -0.3 is 9.80 Å². The highest BCUT2D eigenvalue weighted by Crippen LogP contribution is 2.37. The maximum Gasteiger partial charge on any atom is 0.0462 e.